The molecule has 0 unspecified atom stereocenters. The van der Waals surface area contributed by atoms with Gasteiger partial charge < -0.3 is 15.4 Å². The molecule has 6 nitrogen and oxygen atoms in total. The van der Waals surface area contributed by atoms with Crippen LogP contribution < -0.4 is 15.4 Å². The van der Waals surface area contributed by atoms with Gasteiger partial charge in [0, 0.05) is 22.6 Å². The molecule has 1 heterocycles. The van der Waals surface area contributed by atoms with Gasteiger partial charge in [-0.1, -0.05) is 23.2 Å². The van der Waals surface area contributed by atoms with E-state index in [2.05, 4.69) is 20.6 Å². The lowest BCUT2D eigenvalue weighted by atomic mass is 10.3. The molecule has 2 N–H and O–H groups in total. The van der Waals surface area contributed by atoms with E-state index in [1.807, 2.05) is 0 Å². The fourth-order valence-corrected chi connectivity index (χ4v) is 2.53. The van der Waals surface area contributed by atoms with Crippen LogP contribution in [0.5, 0.6) is 5.75 Å². The van der Waals surface area contributed by atoms with E-state index in [4.69, 9.17) is 27.9 Å². The number of anilines is 3. The molecule has 0 atom stereocenters. The summed E-state index contributed by atoms with van der Waals surface area (Å²) in [5, 5.41) is 6.80. The average Bonchev–Trinajstić information content (AvgIpc) is 2.64. The van der Waals surface area contributed by atoms with Crippen LogP contribution in [0, 0.1) is 0 Å². The van der Waals surface area contributed by atoms with Crippen LogP contribution in [-0.4, -0.2) is 23.0 Å². The Bertz CT molecular complexity index is 933. The smallest absolute Gasteiger partial charge is 0.274 e. The van der Waals surface area contributed by atoms with Gasteiger partial charge >= 0.3 is 0 Å². The molecule has 0 aliphatic heterocycles. The van der Waals surface area contributed by atoms with Crippen LogP contribution in [-0.2, 0) is 0 Å². The first-order valence-corrected chi connectivity index (χ1v) is 8.31. The van der Waals surface area contributed by atoms with Gasteiger partial charge in [0.05, 0.1) is 12.1 Å². The number of amides is 1. The van der Waals surface area contributed by atoms with Crippen LogP contribution in [0.1, 0.15) is 10.5 Å². The number of hydrogen-bond donors (Lipinski definition) is 2. The van der Waals surface area contributed by atoms with Crippen LogP contribution in [0.15, 0.2) is 54.7 Å². The van der Waals surface area contributed by atoms with E-state index in [0.29, 0.717) is 27.2 Å². The fourth-order valence-electron chi connectivity index (χ4n) is 2.15. The van der Waals surface area contributed by atoms with E-state index in [0.717, 1.165) is 0 Å². The van der Waals surface area contributed by atoms with Crippen molar-refractivity contribution < 1.29 is 9.53 Å². The minimum atomic E-state index is -0.356. The number of halogens is 2. The zero-order valence-electron chi connectivity index (χ0n) is 13.7. The zero-order valence-corrected chi connectivity index (χ0v) is 15.2. The van der Waals surface area contributed by atoms with Crippen molar-refractivity contribution in [1.82, 2.24) is 9.97 Å². The number of methoxy groups -OCH3 is 1. The fraction of sp³-hybridized carbons (Fsp3) is 0.0556. The Balaban J connectivity index is 1.74. The number of carbonyl (C=O) groups excluding carboxylic acids is 1. The molecule has 0 bridgehead atoms. The Labute approximate surface area is 160 Å². The van der Waals surface area contributed by atoms with Crippen LogP contribution in [0.4, 0.5) is 17.3 Å². The van der Waals surface area contributed by atoms with Crippen molar-refractivity contribution in [1.29, 1.82) is 0 Å². The summed E-state index contributed by atoms with van der Waals surface area (Å²) >= 11 is 11.9. The molecule has 0 aliphatic rings. The molecule has 0 fully saturated rings. The van der Waals surface area contributed by atoms with E-state index < -0.39 is 0 Å². The number of aromatic nitrogens is 2. The highest BCUT2D eigenvalue weighted by molar-refractivity contribution is 6.32. The van der Waals surface area contributed by atoms with Crippen molar-refractivity contribution >= 4 is 46.4 Å². The molecule has 132 valence electrons. The molecule has 0 saturated heterocycles. The third-order valence-electron chi connectivity index (χ3n) is 3.40. The standard InChI is InChI=1S/C18H14Cl2N4O2/c1-26-16-7-6-13(10-14(16)20)23-18-21-9-8-15(24-18)17(25)22-12-4-2-11(19)3-5-12/h2-10H,1H3,(H,22,25)(H,21,23,24). The lowest BCUT2D eigenvalue weighted by Gasteiger charge is -2.09. The summed E-state index contributed by atoms with van der Waals surface area (Å²) in [4.78, 5) is 20.7. The largest absolute Gasteiger partial charge is 0.495 e. The summed E-state index contributed by atoms with van der Waals surface area (Å²) in [6, 6.07) is 13.5. The molecule has 8 heteroatoms. The third-order valence-corrected chi connectivity index (χ3v) is 3.95. The number of ether oxygens (including phenoxy) is 1. The first kappa shape index (κ1) is 18.0. The molecule has 0 saturated carbocycles. The summed E-state index contributed by atoms with van der Waals surface area (Å²) in [6.45, 7) is 0. The predicted octanol–water partition coefficient (Wildman–Crippen LogP) is 4.79. The van der Waals surface area contributed by atoms with Gasteiger partial charge in [0.1, 0.15) is 11.4 Å². The van der Waals surface area contributed by atoms with Gasteiger partial charge in [-0.25, -0.2) is 9.97 Å². The molecule has 26 heavy (non-hydrogen) atoms. The van der Waals surface area contributed by atoms with Gasteiger partial charge in [-0.05, 0) is 48.5 Å². The minimum Gasteiger partial charge on any atom is -0.495 e. The van der Waals surface area contributed by atoms with Crippen molar-refractivity contribution in [2.45, 2.75) is 0 Å². The van der Waals surface area contributed by atoms with Crippen molar-refractivity contribution in [2.75, 3.05) is 17.7 Å². The third kappa shape index (κ3) is 4.41. The number of hydrogen-bond acceptors (Lipinski definition) is 5. The molecule has 0 radical (unpaired) electrons. The number of nitrogens with one attached hydrogen (secondary N) is 2. The van der Waals surface area contributed by atoms with Gasteiger partial charge in [-0.3, -0.25) is 4.79 Å². The molecule has 1 amide bonds. The van der Waals surface area contributed by atoms with Gasteiger partial charge in [0.15, 0.2) is 0 Å². The Hall–Kier alpha value is -2.83. The van der Waals surface area contributed by atoms with E-state index >= 15 is 0 Å². The molecule has 0 aliphatic carbocycles. The second-order valence-corrected chi connectivity index (χ2v) is 6.04. The predicted molar refractivity (Wildman–Crippen MR) is 103 cm³/mol. The SMILES string of the molecule is COc1ccc(Nc2nccc(C(=O)Nc3ccc(Cl)cc3)n2)cc1Cl. The van der Waals surface area contributed by atoms with Crippen LogP contribution in [0.3, 0.4) is 0 Å². The van der Waals surface area contributed by atoms with Crippen LogP contribution >= 0.6 is 23.2 Å². The Kier molecular flexibility index (Phi) is 5.55. The van der Waals surface area contributed by atoms with E-state index in [9.17, 15) is 4.79 Å². The first-order valence-electron chi connectivity index (χ1n) is 7.55. The van der Waals surface area contributed by atoms with Gasteiger partial charge in [0.25, 0.3) is 5.91 Å². The normalized spacial score (nSPS) is 10.3. The van der Waals surface area contributed by atoms with E-state index in [1.54, 1.807) is 49.6 Å². The Morgan fingerprint density at radius 2 is 1.77 bits per heavy atom. The first-order chi connectivity index (χ1) is 12.5. The summed E-state index contributed by atoms with van der Waals surface area (Å²) in [5.74, 6) is 0.481. The van der Waals surface area contributed by atoms with Gasteiger partial charge in [-0.15, -0.1) is 0 Å². The maximum atomic E-state index is 12.3. The Morgan fingerprint density at radius 3 is 2.46 bits per heavy atom. The molecule has 2 aromatic carbocycles. The summed E-state index contributed by atoms with van der Waals surface area (Å²) in [7, 11) is 1.54. The maximum Gasteiger partial charge on any atom is 0.274 e. The molecular weight excluding hydrogens is 375 g/mol. The summed E-state index contributed by atoms with van der Waals surface area (Å²) in [6.07, 6.45) is 1.50. The molecular formula is C18H14Cl2N4O2. The van der Waals surface area contributed by atoms with Crippen molar-refractivity contribution in [2.24, 2.45) is 0 Å². The van der Waals surface area contributed by atoms with Crippen LogP contribution in [0.25, 0.3) is 0 Å². The molecule has 1 aromatic heterocycles. The lowest BCUT2D eigenvalue weighted by Crippen LogP contribution is -2.14. The Morgan fingerprint density at radius 1 is 1.04 bits per heavy atom. The zero-order chi connectivity index (χ0) is 18.5. The topological polar surface area (TPSA) is 76.1 Å². The number of rotatable bonds is 5. The van der Waals surface area contributed by atoms with E-state index in [-0.39, 0.29) is 17.5 Å². The van der Waals surface area contributed by atoms with Gasteiger partial charge in [0.2, 0.25) is 5.95 Å². The highest BCUT2D eigenvalue weighted by atomic mass is 35.5. The van der Waals surface area contributed by atoms with Crippen molar-refractivity contribution in [3.63, 3.8) is 0 Å². The van der Waals surface area contributed by atoms with Crippen LogP contribution in [0.2, 0.25) is 10.0 Å². The second kappa shape index (κ2) is 8.03. The second-order valence-electron chi connectivity index (χ2n) is 5.20. The van der Waals surface area contributed by atoms with E-state index in [1.165, 1.54) is 12.3 Å². The average molecular weight is 389 g/mol. The lowest BCUT2D eigenvalue weighted by molar-refractivity contribution is 0.102. The molecule has 0 spiro atoms. The van der Waals surface area contributed by atoms with Crippen molar-refractivity contribution in [3.05, 3.63) is 70.5 Å². The number of benzene rings is 2. The molecule has 3 rings (SSSR count). The van der Waals surface area contributed by atoms with Gasteiger partial charge in [-0.2, -0.15) is 0 Å². The monoisotopic (exact) mass is 388 g/mol. The quantitative estimate of drug-likeness (QED) is 0.656. The highest BCUT2D eigenvalue weighted by Gasteiger charge is 2.10. The summed E-state index contributed by atoms with van der Waals surface area (Å²) < 4.78 is 5.11. The summed E-state index contributed by atoms with van der Waals surface area (Å²) in [5.41, 5.74) is 1.51. The minimum absolute atomic E-state index is 0.219. The van der Waals surface area contributed by atoms with Crippen molar-refractivity contribution in [3.8, 4) is 5.75 Å². The number of carbonyl (C=O) groups is 1. The number of nitrogens with zero attached hydrogens (tertiary/aromatic N) is 2. The maximum absolute atomic E-state index is 12.3. The molecule has 3 aromatic rings. The highest BCUT2D eigenvalue weighted by Crippen LogP contribution is 2.28.